The van der Waals surface area contributed by atoms with Crippen molar-refractivity contribution in [2.45, 2.75) is 18.9 Å². The maximum absolute atomic E-state index is 5.93. The molecule has 0 aliphatic carbocycles. The van der Waals surface area contributed by atoms with Crippen LogP contribution >= 0.6 is 0 Å². The Hall–Kier alpha value is -3.55. The van der Waals surface area contributed by atoms with E-state index in [0.29, 0.717) is 11.1 Å². The quantitative estimate of drug-likeness (QED) is 0.632. The van der Waals surface area contributed by atoms with Crippen molar-refractivity contribution in [2.24, 2.45) is 9.98 Å². The first-order valence-electron chi connectivity index (χ1n) is 10.5. The third-order valence-electron chi connectivity index (χ3n) is 5.99. The van der Waals surface area contributed by atoms with Crippen molar-refractivity contribution < 1.29 is 9.47 Å². The summed E-state index contributed by atoms with van der Waals surface area (Å²) in [6.45, 7) is 1.43. The van der Waals surface area contributed by atoms with Crippen LogP contribution in [0.2, 0.25) is 0 Å². The van der Waals surface area contributed by atoms with Crippen LogP contribution in [-0.4, -0.2) is 41.6 Å². The van der Waals surface area contributed by atoms with Crippen LogP contribution in [0, 0.1) is 0 Å². The van der Waals surface area contributed by atoms with Crippen LogP contribution in [0.4, 0.5) is 5.69 Å². The highest BCUT2D eigenvalue weighted by atomic mass is 16.5. The van der Waals surface area contributed by atoms with Gasteiger partial charge in [0.1, 0.15) is 42.4 Å². The normalized spacial score (nSPS) is 24.3. The molecule has 1 saturated heterocycles. The maximum Gasteiger partial charge on any atom is 0.261 e. The lowest BCUT2D eigenvalue weighted by atomic mass is 10.1. The number of ether oxygens (including phenoxy) is 2. The molecule has 3 aliphatic heterocycles. The van der Waals surface area contributed by atoms with E-state index in [1.807, 2.05) is 30.7 Å². The number of quaternary nitrogens is 1. The van der Waals surface area contributed by atoms with E-state index < -0.39 is 0 Å². The number of aromatic amines is 1. The topological polar surface area (TPSA) is 71.9 Å². The van der Waals surface area contributed by atoms with Gasteiger partial charge in [-0.05, 0) is 31.0 Å². The van der Waals surface area contributed by atoms with Gasteiger partial charge in [-0.1, -0.05) is 12.1 Å². The first kappa shape index (κ1) is 18.2. The molecule has 0 radical (unpaired) electrons. The largest absolute Gasteiger partial charge is 0.491 e. The van der Waals surface area contributed by atoms with Gasteiger partial charge >= 0.3 is 0 Å². The van der Waals surface area contributed by atoms with Crippen molar-refractivity contribution >= 4 is 34.3 Å². The van der Waals surface area contributed by atoms with Crippen molar-refractivity contribution in [1.29, 1.82) is 0 Å². The van der Waals surface area contributed by atoms with Crippen LogP contribution in [0.25, 0.3) is 16.6 Å². The van der Waals surface area contributed by atoms with Crippen LogP contribution < -0.4 is 9.22 Å². The van der Waals surface area contributed by atoms with E-state index in [1.54, 1.807) is 0 Å². The summed E-state index contributed by atoms with van der Waals surface area (Å²) in [6, 6.07) is 14.4. The lowest BCUT2D eigenvalue weighted by Crippen LogP contribution is -2.44. The number of nitrogens with one attached hydrogen (secondary N) is 1. The van der Waals surface area contributed by atoms with Crippen LogP contribution in [0.3, 0.4) is 0 Å². The Labute approximate surface area is 179 Å². The fourth-order valence-corrected chi connectivity index (χ4v) is 4.27. The molecule has 1 aromatic heterocycles. The third-order valence-corrected chi connectivity index (χ3v) is 5.99. The second-order valence-electron chi connectivity index (χ2n) is 7.95. The molecule has 6 rings (SSSR count). The molecule has 2 atom stereocenters. The summed E-state index contributed by atoms with van der Waals surface area (Å²) in [4.78, 5) is 9.21. The van der Waals surface area contributed by atoms with Gasteiger partial charge < -0.3 is 9.47 Å². The second-order valence-corrected chi connectivity index (χ2v) is 7.95. The van der Waals surface area contributed by atoms with E-state index in [1.165, 1.54) is 0 Å². The molecule has 0 bridgehead atoms. The zero-order valence-corrected chi connectivity index (χ0v) is 16.9. The molecule has 0 saturated carbocycles. The van der Waals surface area contributed by atoms with Crippen molar-refractivity contribution in [3.05, 3.63) is 72.8 Å². The van der Waals surface area contributed by atoms with Gasteiger partial charge in [0.15, 0.2) is 0 Å². The summed E-state index contributed by atoms with van der Waals surface area (Å²) < 4.78 is 12.0. The number of hydrogen-bond donors (Lipinski definition) is 1. The average Bonchev–Trinajstić information content (AvgIpc) is 3.58. The van der Waals surface area contributed by atoms with E-state index in [9.17, 15) is 0 Å². The standard InChI is InChI=1S/C24H22N5O2/c1-2-21(30-11-1)16-31-20-7-5-19(6-8-20)29-10-9-25-24(29)14-26-23(15-29)17-3-4-18-13-27-28-22(18)12-17/h3-10,12-15,21H,1-2,11,16H2,(H,27,28)/q+1/t21-,29?/m1/s1. The Morgan fingerprint density at radius 2 is 2.10 bits per heavy atom. The van der Waals surface area contributed by atoms with Crippen molar-refractivity contribution in [3.8, 4) is 5.75 Å². The molecule has 7 heteroatoms. The summed E-state index contributed by atoms with van der Waals surface area (Å²) in [5.41, 5.74) is 3.98. The van der Waals surface area contributed by atoms with Gasteiger partial charge in [-0.15, -0.1) is 0 Å². The first-order valence-corrected chi connectivity index (χ1v) is 10.5. The number of aromatic nitrogens is 2. The molecular weight excluding hydrogens is 390 g/mol. The molecular formula is C24H22N5O2+. The predicted octanol–water partition coefficient (Wildman–Crippen LogP) is 4.39. The van der Waals surface area contributed by atoms with Crippen molar-refractivity contribution in [2.75, 3.05) is 13.2 Å². The summed E-state index contributed by atoms with van der Waals surface area (Å²) >= 11 is 0. The number of rotatable bonds is 5. The first-order chi connectivity index (χ1) is 15.3. The van der Waals surface area contributed by atoms with E-state index in [0.717, 1.165) is 58.9 Å². The number of fused-ring (bicyclic) bond motifs is 2. The summed E-state index contributed by atoms with van der Waals surface area (Å²) in [5, 5.41) is 8.22. The van der Waals surface area contributed by atoms with Crippen LogP contribution in [0.5, 0.6) is 5.75 Å². The molecule has 0 amide bonds. The molecule has 31 heavy (non-hydrogen) atoms. The molecule has 4 heterocycles. The number of benzene rings is 2. The van der Waals surface area contributed by atoms with Gasteiger partial charge in [-0.2, -0.15) is 14.6 Å². The molecule has 1 N–H and O–H groups in total. The summed E-state index contributed by atoms with van der Waals surface area (Å²) in [7, 11) is 0. The molecule has 1 fully saturated rings. The molecule has 3 aliphatic rings. The monoisotopic (exact) mass is 412 g/mol. The zero-order valence-electron chi connectivity index (χ0n) is 16.9. The van der Waals surface area contributed by atoms with Gasteiger partial charge in [-0.3, -0.25) is 5.10 Å². The Kier molecular flexibility index (Phi) is 4.29. The predicted molar refractivity (Wildman–Crippen MR) is 122 cm³/mol. The fraction of sp³-hybridized carbons (Fsp3) is 0.208. The second kappa shape index (κ2) is 7.30. The molecule has 0 spiro atoms. The van der Waals surface area contributed by atoms with Crippen LogP contribution in [0.1, 0.15) is 18.4 Å². The lowest BCUT2D eigenvalue weighted by molar-refractivity contribution is 0.0679. The lowest BCUT2D eigenvalue weighted by Gasteiger charge is -2.29. The highest BCUT2D eigenvalue weighted by Gasteiger charge is 2.39. The van der Waals surface area contributed by atoms with E-state index >= 15 is 0 Å². The number of nitrogens with zero attached hydrogens (tertiary/aromatic N) is 4. The molecule has 7 nitrogen and oxygen atoms in total. The molecule has 2 aromatic carbocycles. The van der Waals surface area contributed by atoms with Gasteiger partial charge in [-0.25, -0.2) is 4.99 Å². The number of amidine groups is 1. The van der Waals surface area contributed by atoms with Gasteiger partial charge in [0, 0.05) is 29.7 Å². The Morgan fingerprint density at radius 1 is 1.16 bits per heavy atom. The van der Waals surface area contributed by atoms with Crippen molar-refractivity contribution in [3.63, 3.8) is 0 Å². The molecule has 3 aromatic rings. The van der Waals surface area contributed by atoms with E-state index in [4.69, 9.17) is 9.47 Å². The van der Waals surface area contributed by atoms with Gasteiger partial charge in [0.2, 0.25) is 0 Å². The van der Waals surface area contributed by atoms with Gasteiger partial charge in [0.25, 0.3) is 5.84 Å². The van der Waals surface area contributed by atoms with Crippen molar-refractivity contribution in [1.82, 2.24) is 14.7 Å². The maximum atomic E-state index is 5.93. The fourth-order valence-electron chi connectivity index (χ4n) is 4.27. The summed E-state index contributed by atoms with van der Waals surface area (Å²) in [6.07, 6.45) is 12.1. The SMILES string of the molecule is C1=C[N+]2(c3ccc(OC[C@H]4CCCO4)cc3)C=C(c3ccc4cn[nH]c4c3)N=CC2=N1. The Bertz CT molecular complexity index is 1250. The minimum absolute atomic E-state index is 0.206. The van der Waals surface area contributed by atoms with E-state index in [-0.39, 0.29) is 6.10 Å². The Morgan fingerprint density at radius 3 is 2.97 bits per heavy atom. The minimum Gasteiger partial charge on any atom is -0.491 e. The zero-order chi connectivity index (χ0) is 20.7. The number of H-pyrrole nitrogens is 1. The molecule has 1 unspecified atom stereocenters. The van der Waals surface area contributed by atoms with Crippen LogP contribution in [0.15, 0.2) is 77.2 Å². The highest BCUT2D eigenvalue weighted by molar-refractivity contribution is 6.37. The van der Waals surface area contributed by atoms with Gasteiger partial charge in [0.05, 0.1) is 24.0 Å². The third kappa shape index (κ3) is 3.19. The van der Waals surface area contributed by atoms with E-state index in [2.05, 4.69) is 62.9 Å². The van der Waals surface area contributed by atoms with Crippen LogP contribution in [-0.2, 0) is 4.74 Å². The number of aliphatic imine (C=N–C) groups is 2. The summed E-state index contributed by atoms with van der Waals surface area (Å²) in [5.74, 6) is 1.71. The Balaban J connectivity index is 1.31. The average molecular weight is 412 g/mol. The minimum atomic E-state index is 0.206. The molecule has 154 valence electrons. The highest BCUT2D eigenvalue weighted by Crippen LogP contribution is 2.35. The number of hydrogen-bond acceptors (Lipinski definition) is 5. The smallest absolute Gasteiger partial charge is 0.261 e.